The first-order valence-electron chi connectivity index (χ1n) is 7.26. The molecule has 1 aromatic carbocycles. The molecule has 2 saturated heterocycles. The summed E-state index contributed by atoms with van der Waals surface area (Å²) in [6.07, 6.45) is 0.926. The Bertz CT molecular complexity index is 438. The van der Waals surface area contributed by atoms with Crippen LogP contribution in [0.15, 0.2) is 30.3 Å². The van der Waals surface area contributed by atoms with E-state index in [4.69, 9.17) is 4.74 Å². The number of urea groups is 1. The van der Waals surface area contributed by atoms with Gasteiger partial charge in [0.05, 0.1) is 12.6 Å². The molecule has 108 valence electrons. The van der Waals surface area contributed by atoms with Crippen LogP contribution in [0.5, 0.6) is 0 Å². The molecule has 2 fully saturated rings. The Balaban J connectivity index is 1.49. The van der Waals surface area contributed by atoms with E-state index >= 15 is 0 Å². The van der Waals surface area contributed by atoms with Gasteiger partial charge < -0.3 is 19.9 Å². The lowest BCUT2D eigenvalue weighted by molar-refractivity contribution is 0.176. The normalized spacial score (nSPS) is 22.9. The van der Waals surface area contributed by atoms with Crippen LogP contribution in [0.1, 0.15) is 6.42 Å². The van der Waals surface area contributed by atoms with E-state index < -0.39 is 0 Å². The maximum absolute atomic E-state index is 12.1. The Labute approximate surface area is 119 Å². The first-order chi connectivity index (χ1) is 9.83. The largest absolute Gasteiger partial charge is 0.379 e. The Morgan fingerprint density at radius 3 is 2.55 bits per heavy atom. The molecule has 0 bridgehead atoms. The molecule has 1 unspecified atom stereocenters. The van der Waals surface area contributed by atoms with Crippen LogP contribution < -0.4 is 10.2 Å². The zero-order valence-electron chi connectivity index (χ0n) is 11.6. The summed E-state index contributed by atoms with van der Waals surface area (Å²) < 4.78 is 5.28. The molecule has 2 amide bonds. The van der Waals surface area contributed by atoms with Gasteiger partial charge in [0, 0.05) is 38.5 Å². The van der Waals surface area contributed by atoms with Crippen LogP contribution >= 0.6 is 0 Å². The highest BCUT2D eigenvalue weighted by atomic mass is 16.5. The highest BCUT2D eigenvalue weighted by Crippen LogP contribution is 2.15. The number of nitrogens with one attached hydrogen (secondary N) is 1. The van der Waals surface area contributed by atoms with E-state index in [-0.39, 0.29) is 12.1 Å². The Kier molecular flexibility index (Phi) is 4.06. The molecule has 1 aromatic rings. The van der Waals surface area contributed by atoms with Crippen molar-refractivity contribution in [1.82, 2.24) is 10.2 Å². The lowest BCUT2D eigenvalue weighted by Gasteiger charge is -2.36. The number of rotatable bonds is 2. The van der Waals surface area contributed by atoms with Gasteiger partial charge in [-0.05, 0) is 18.6 Å². The van der Waals surface area contributed by atoms with Crippen molar-refractivity contribution in [3.05, 3.63) is 30.3 Å². The van der Waals surface area contributed by atoms with Crippen molar-refractivity contribution in [2.75, 3.05) is 44.3 Å². The third kappa shape index (κ3) is 3.04. The van der Waals surface area contributed by atoms with Gasteiger partial charge in [0.2, 0.25) is 0 Å². The smallest absolute Gasteiger partial charge is 0.317 e. The highest BCUT2D eigenvalue weighted by Gasteiger charge is 2.24. The van der Waals surface area contributed by atoms with E-state index in [1.54, 1.807) is 0 Å². The molecule has 3 rings (SSSR count). The van der Waals surface area contributed by atoms with Crippen LogP contribution in [0.3, 0.4) is 0 Å². The fraction of sp³-hybridized carbons (Fsp3) is 0.533. The molecule has 0 aliphatic carbocycles. The first-order valence-corrected chi connectivity index (χ1v) is 7.26. The van der Waals surface area contributed by atoms with Crippen molar-refractivity contribution in [3.8, 4) is 0 Å². The number of para-hydroxylation sites is 1. The number of hydrogen-bond donors (Lipinski definition) is 1. The van der Waals surface area contributed by atoms with E-state index in [0.29, 0.717) is 6.61 Å². The zero-order valence-corrected chi connectivity index (χ0v) is 11.6. The van der Waals surface area contributed by atoms with Gasteiger partial charge in [-0.25, -0.2) is 4.79 Å². The molecule has 5 nitrogen and oxygen atoms in total. The zero-order chi connectivity index (χ0) is 13.8. The van der Waals surface area contributed by atoms with Crippen LogP contribution in [0.4, 0.5) is 10.5 Å². The second-order valence-corrected chi connectivity index (χ2v) is 5.32. The maximum atomic E-state index is 12.1. The molecule has 2 aliphatic rings. The van der Waals surface area contributed by atoms with E-state index in [2.05, 4.69) is 34.5 Å². The summed E-state index contributed by atoms with van der Waals surface area (Å²) in [4.78, 5) is 16.4. The monoisotopic (exact) mass is 275 g/mol. The predicted octanol–water partition coefficient (Wildman–Crippen LogP) is 1.31. The van der Waals surface area contributed by atoms with Crippen LogP contribution in [0.25, 0.3) is 0 Å². The molecular formula is C15H21N3O2. The number of amides is 2. The molecule has 0 aromatic heterocycles. The van der Waals surface area contributed by atoms with Gasteiger partial charge in [-0.15, -0.1) is 0 Å². The molecule has 20 heavy (non-hydrogen) atoms. The third-order valence-corrected chi connectivity index (χ3v) is 3.95. The van der Waals surface area contributed by atoms with Crippen molar-refractivity contribution in [1.29, 1.82) is 0 Å². The van der Waals surface area contributed by atoms with Crippen molar-refractivity contribution < 1.29 is 9.53 Å². The van der Waals surface area contributed by atoms with Gasteiger partial charge in [-0.1, -0.05) is 18.2 Å². The van der Waals surface area contributed by atoms with Crippen LogP contribution in [-0.2, 0) is 4.74 Å². The third-order valence-electron chi connectivity index (χ3n) is 3.95. The van der Waals surface area contributed by atoms with Gasteiger partial charge in [-0.2, -0.15) is 0 Å². The average Bonchev–Trinajstić information content (AvgIpc) is 3.01. The number of nitrogens with zero attached hydrogens (tertiary/aromatic N) is 2. The van der Waals surface area contributed by atoms with Crippen molar-refractivity contribution in [2.24, 2.45) is 0 Å². The number of ether oxygens (including phenoxy) is 1. The summed E-state index contributed by atoms with van der Waals surface area (Å²) in [5.41, 5.74) is 1.23. The quantitative estimate of drug-likeness (QED) is 0.885. The number of benzene rings is 1. The molecule has 0 radical (unpaired) electrons. The van der Waals surface area contributed by atoms with Gasteiger partial charge in [0.15, 0.2) is 0 Å². The predicted molar refractivity (Wildman–Crippen MR) is 78.0 cm³/mol. The molecule has 5 heteroatoms. The van der Waals surface area contributed by atoms with Crippen molar-refractivity contribution in [3.63, 3.8) is 0 Å². The summed E-state index contributed by atoms with van der Waals surface area (Å²) in [7, 11) is 0. The van der Waals surface area contributed by atoms with E-state index in [0.717, 1.165) is 39.2 Å². The number of carbonyl (C=O) groups is 1. The molecule has 0 spiro atoms. The Morgan fingerprint density at radius 1 is 1.15 bits per heavy atom. The summed E-state index contributed by atoms with van der Waals surface area (Å²) in [5.74, 6) is 0. The van der Waals surface area contributed by atoms with Gasteiger partial charge in [0.1, 0.15) is 0 Å². The summed E-state index contributed by atoms with van der Waals surface area (Å²) in [5, 5.41) is 3.05. The molecule has 1 atom stereocenters. The second-order valence-electron chi connectivity index (χ2n) is 5.32. The number of hydrogen-bond acceptors (Lipinski definition) is 3. The molecule has 2 heterocycles. The average molecular weight is 275 g/mol. The lowest BCUT2D eigenvalue weighted by atomic mass is 10.2. The first kappa shape index (κ1) is 13.2. The molecule has 2 aliphatic heterocycles. The maximum Gasteiger partial charge on any atom is 0.317 e. The van der Waals surface area contributed by atoms with E-state index in [9.17, 15) is 4.79 Å². The number of anilines is 1. The topological polar surface area (TPSA) is 44.8 Å². The van der Waals surface area contributed by atoms with Crippen LogP contribution in [-0.4, -0.2) is 56.4 Å². The minimum absolute atomic E-state index is 0.0493. The fourth-order valence-corrected chi connectivity index (χ4v) is 2.72. The number of carbonyl (C=O) groups excluding carboxylic acids is 1. The fourth-order valence-electron chi connectivity index (χ4n) is 2.72. The SMILES string of the molecule is O=C(NC1CCOC1)N1CCN(c2ccccc2)CC1. The van der Waals surface area contributed by atoms with E-state index in [1.165, 1.54) is 5.69 Å². The minimum Gasteiger partial charge on any atom is -0.379 e. The Morgan fingerprint density at radius 2 is 1.90 bits per heavy atom. The van der Waals surface area contributed by atoms with Gasteiger partial charge in [-0.3, -0.25) is 0 Å². The Hall–Kier alpha value is -1.75. The van der Waals surface area contributed by atoms with Gasteiger partial charge >= 0.3 is 6.03 Å². The van der Waals surface area contributed by atoms with Crippen molar-refractivity contribution >= 4 is 11.7 Å². The standard InChI is InChI=1S/C15H21N3O2/c19-15(16-13-6-11-20-12-13)18-9-7-17(8-10-18)14-4-2-1-3-5-14/h1-5,13H,6-12H2,(H,16,19). The van der Waals surface area contributed by atoms with Crippen LogP contribution in [0.2, 0.25) is 0 Å². The molecule has 1 N–H and O–H groups in total. The van der Waals surface area contributed by atoms with Crippen molar-refractivity contribution in [2.45, 2.75) is 12.5 Å². The molecular weight excluding hydrogens is 254 g/mol. The molecule has 0 saturated carbocycles. The minimum atomic E-state index is 0.0493. The summed E-state index contributed by atoms with van der Waals surface area (Å²) in [6.45, 7) is 4.72. The number of piperazine rings is 1. The highest BCUT2D eigenvalue weighted by molar-refractivity contribution is 5.75. The van der Waals surface area contributed by atoms with E-state index in [1.807, 2.05) is 11.0 Å². The summed E-state index contributed by atoms with van der Waals surface area (Å²) >= 11 is 0. The summed E-state index contributed by atoms with van der Waals surface area (Å²) in [6, 6.07) is 10.6. The van der Waals surface area contributed by atoms with Gasteiger partial charge in [0.25, 0.3) is 0 Å². The second kappa shape index (κ2) is 6.13. The lowest BCUT2D eigenvalue weighted by Crippen LogP contribution is -2.53. The van der Waals surface area contributed by atoms with Crippen LogP contribution in [0, 0.1) is 0 Å².